The van der Waals surface area contributed by atoms with Crippen LogP contribution < -0.4 is 0 Å². The lowest BCUT2D eigenvalue weighted by molar-refractivity contribution is 0.137. The van der Waals surface area contributed by atoms with Crippen LogP contribution >= 0.6 is 0 Å². The van der Waals surface area contributed by atoms with Gasteiger partial charge in [-0.15, -0.1) is 6.58 Å². The van der Waals surface area contributed by atoms with Crippen molar-refractivity contribution in [2.24, 2.45) is 0 Å². The van der Waals surface area contributed by atoms with Crippen molar-refractivity contribution >= 4 is 0 Å². The second-order valence-electron chi connectivity index (χ2n) is 5.41. The zero-order valence-corrected chi connectivity index (χ0v) is 12.2. The third kappa shape index (κ3) is 3.40. The van der Waals surface area contributed by atoms with Gasteiger partial charge in [-0.1, -0.05) is 41.6 Å². The van der Waals surface area contributed by atoms with Gasteiger partial charge in [0.2, 0.25) is 0 Å². The van der Waals surface area contributed by atoms with E-state index in [1.165, 1.54) is 5.56 Å². The largest absolute Gasteiger partial charge is 0.356 e. The van der Waals surface area contributed by atoms with Crippen LogP contribution in [0.2, 0.25) is 0 Å². The van der Waals surface area contributed by atoms with Gasteiger partial charge in [-0.25, -0.2) is 0 Å². The topological polar surface area (TPSA) is 32.5 Å². The van der Waals surface area contributed by atoms with E-state index in [4.69, 9.17) is 4.52 Å². The van der Waals surface area contributed by atoms with Gasteiger partial charge in [-0.2, -0.15) is 0 Å². The number of piperazine rings is 1. The summed E-state index contributed by atoms with van der Waals surface area (Å²) in [5, 5.41) is 3.98. The fourth-order valence-corrected chi connectivity index (χ4v) is 2.75. The number of benzene rings is 1. The molecule has 0 aliphatic carbocycles. The molecule has 21 heavy (non-hydrogen) atoms. The maximum absolute atomic E-state index is 5.45. The molecular weight excluding hydrogens is 262 g/mol. The molecule has 1 fully saturated rings. The van der Waals surface area contributed by atoms with Crippen molar-refractivity contribution < 1.29 is 4.52 Å². The Hall–Kier alpha value is -1.91. The number of hydrogen-bond acceptors (Lipinski definition) is 4. The number of aromatic nitrogens is 1. The summed E-state index contributed by atoms with van der Waals surface area (Å²) in [5.74, 6) is 0.893. The van der Waals surface area contributed by atoms with Crippen LogP contribution in [0.3, 0.4) is 0 Å². The molecule has 0 saturated carbocycles. The molecule has 1 aromatic carbocycles. The minimum atomic E-state index is 0.893. The van der Waals surface area contributed by atoms with Crippen LogP contribution in [0.15, 0.2) is 53.7 Å². The molecule has 1 saturated heterocycles. The molecule has 0 bridgehead atoms. The van der Waals surface area contributed by atoms with Crippen LogP contribution in [0.5, 0.6) is 0 Å². The normalized spacial score (nSPS) is 17.0. The highest BCUT2D eigenvalue weighted by Crippen LogP contribution is 2.24. The van der Waals surface area contributed by atoms with E-state index < -0.39 is 0 Å². The molecule has 1 aliphatic heterocycles. The summed E-state index contributed by atoms with van der Waals surface area (Å²) < 4.78 is 5.45. The molecule has 2 heterocycles. The molecule has 1 aliphatic rings. The van der Waals surface area contributed by atoms with Gasteiger partial charge in [-0.3, -0.25) is 9.80 Å². The van der Waals surface area contributed by atoms with Crippen molar-refractivity contribution in [3.63, 3.8) is 0 Å². The van der Waals surface area contributed by atoms with Crippen LogP contribution in [0, 0.1) is 0 Å². The highest BCUT2D eigenvalue weighted by Gasteiger charge is 2.19. The molecule has 0 spiro atoms. The van der Waals surface area contributed by atoms with E-state index in [0.717, 1.165) is 50.6 Å². The van der Waals surface area contributed by atoms with Gasteiger partial charge >= 0.3 is 0 Å². The van der Waals surface area contributed by atoms with Crippen molar-refractivity contribution in [2.75, 3.05) is 32.7 Å². The van der Waals surface area contributed by atoms with Crippen LogP contribution in [-0.2, 0) is 6.54 Å². The van der Waals surface area contributed by atoms with E-state index in [-0.39, 0.29) is 0 Å². The minimum absolute atomic E-state index is 0.893. The van der Waals surface area contributed by atoms with E-state index in [0.29, 0.717) is 0 Å². The highest BCUT2D eigenvalue weighted by molar-refractivity contribution is 5.60. The van der Waals surface area contributed by atoms with E-state index in [1.807, 2.05) is 30.5 Å². The first kappa shape index (κ1) is 14.0. The van der Waals surface area contributed by atoms with E-state index in [2.05, 4.69) is 33.7 Å². The van der Waals surface area contributed by atoms with Crippen molar-refractivity contribution in [2.45, 2.75) is 6.54 Å². The number of rotatable bonds is 5. The molecule has 4 heteroatoms. The summed E-state index contributed by atoms with van der Waals surface area (Å²) in [4.78, 5) is 4.88. The molecule has 0 atom stereocenters. The summed E-state index contributed by atoms with van der Waals surface area (Å²) in [6.07, 6.45) is 3.82. The molecule has 0 radical (unpaired) electrons. The average Bonchev–Trinajstić information content (AvgIpc) is 2.98. The van der Waals surface area contributed by atoms with Crippen LogP contribution in [0.25, 0.3) is 11.3 Å². The standard InChI is InChI=1S/C17H21N3O/c1-2-8-19-9-11-20(12-10-19)14-16-13-18-21-17(16)15-6-4-3-5-7-15/h2-7,13H,1,8-12,14H2. The van der Waals surface area contributed by atoms with Gasteiger partial charge < -0.3 is 4.52 Å². The van der Waals surface area contributed by atoms with Gasteiger partial charge in [0.1, 0.15) is 0 Å². The van der Waals surface area contributed by atoms with Gasteiger partial charge in [0.05, 0.1) is 6.20 Å². The van der Waals surface area contributed by atoms with Crippen molar-refractivity contribution in [3.05, 3.63) is 54.7 Å². The fourth-order valence-electron chi connectivity index (χ4n) is 2.75. The molecule has 1 aromatic heterocycles. The maximum atomic E-state index is 5.45. The Morgan fingerprint density at radius 3 is 2.52 bits per heavy atom. The van der Waals surface area contributed by atoms with Gasteiger partial charge in [0, 0.05) is 50.4 Å². The molecule has 0 N–H and O–H groups in total. The minimum Gasteiger partial charge on any atom is -0.356 e. The van der Waals surface area contributed by atoms with Crippen molar-refractivity contribution in [1.82, 2.24) is 15.0 Å². The first-order valence-electron chi connectivity index (χ1n) is 7.41. The molecule has 3 rings (SSSR count). The first-order valence-corrected chi connectivity index (χ1v) is 7.41. The van der Waals surface area contributed by atoms with E-state index in [9.17, 15) is 0 Å². The van der Waals surface area contributed by atoms with Crippen molar-refractivity contribution in [3.8, 4) is 11.3 Å². The van der Waals surface area contributed by atoms with Crippen LogP contribution in [-0.4, -0.2) is 47.7 Å². The second kappa shape index (κ2) is 6.70. The van der Waals surface area contributed by atoms with Crippen LogP contribution in [0.1, 0.15) is 5.56 Å². The fraction of sp³-hybridized carbons (Fsp3) is 0.353. The Morgan fingerprint density at radius 1 is 1.10 bits per heavy atom. The lowest BCUT2D eigenvalue weighted by atomic mass is 10.1. The molecule has 110 valence electrons. The van der Waals surface area contributed by atoms with Gasteiger partial charge in [0.25, 0.3) is 0 Å². The number of nitrogens with zero attached hydrogens (tertiary/aromatic N) is 3. The van der Waals surface area contributed by atoms with E-state index in [1.54, 1.807) is 0 Å². The van der Waals surface area contributed by atoms with Crippen molar-refractivity contribution in [1.29, 1.82) is 0 Å². The monoisotopic (exact) mass is 283 g/mol. The number of hydrogen-bond donors (Lipinski definition) is 0. The Kier molecular flexibility index (Phi) is 4.48. The third-order valence-corrected chi connectivity index (χ3v) is 3.93. The summed E-state index contributed by atoms with van der Waals surface area (Å²) in [6, 6.07) is 10.2. The lowest BCUT2D eigenvalue weighted by Gasteiger charge is -2.33. The highest BCUT2D eigenvalue weighted by atomic mass is 16.5. The third-order valence-electron chi connectivity index (χ3n) is 3.93. The summed E-state index contributed by atoms with van der Waals surface area (Å²) in [7, 11) is 0. The molecule has 4 nitrogen and oxygen atoms in total. The Labute approximate surface area is 125 Å². The first-order chi connectivity index (χ1) is 10.4. The van der Waals surface area contributed by atoms with Gasteiger partial charge in [0.15, 0.2) is 5.76 Å². The Morgan fingerprint density at radius 2 is 1.81 bits per heavy atom. The second-order valence-corrected chi connectivity index (χ2v) is 5.41. The molecule has 2 aromatic rings. The summed E-state index contributed by atoms with van der Waals surface area (Å²) in [5.41, 5.74) is 2.26. The van der Waals surface area contributed by atoms with Crippen LogP contribution in [0.4, 0.5) is 0 Å². The smallest absolute Gasteiger partial charge is 0.171 e. The zero-order chi connectivity index (χ0) is 14.5. The Bertz CT molecular complexity index is 571. The predicted octanol–water partition coefficient (Wildman–Crippen LogP) is 2.65. The lowest BCUT2D eigenvalue weighted by Crippen LogP contribution is -2.45. The Balaban J connectivity index is 1.65. The quantitative estimate of drug-likeness (QED) is 0.790. The molecular formula is C17H21N3O. The summed E-state index contributed by atoms with van der Waals surface area (Å²) >= 11 is 0. The molecule has 0 amide bonds. The predicted molar refractivity (Wildman–Crippen MR) is 83.9 cm³/mol. The maximum Gasteiger partial charge on any atom is 0.171 e. The SMILES string of the molecule is C=CCN1CCN(Cc2cnoc2-c2ccccc2)CC1. The molecule has 0 unspecified atom stereocenters. The average molecular weight is 283 g/mol. The zero-order valence-electron chi connectivity index (χ0n) is 12.2. The summed E-state index contributed by atoms with van der Waals surface area (Å²) in [6.45, 7) is 10.0. The van der Waals surface area contributed by atoms with E-state index >= 15 is 0 Å². The van der Waals surface area contributed by atoms with Gasteiger partial charge in [-0.05, 0) is 0 Å².